The zero-order valence-corrected chi connectivity index (χ0v) is 17.1. The fourth-order valence-electron chi connectivity index (χ4n) is 4.60. The number of rotatable bonds is 5. The number of carbonyl (C=O) groups is 2. The third kappa shape index (κ3) is 5.45. The van der Waals surface area contributed by atoms with E-state index in [4.69, 9.17) is 0 Å². The first-order chi connectivity index (χ1) is 12.6. The second-order valence-electron chi connectivity index (χ2n) is 8.76. The lowest BCUT2D eigenvalue weighted by molar-refractivity contribution is 0.0446. The molecule has 1 aromatic rings. The van der Waals surface area contributed by atoms with E-state index in [1.165, 1.54) is 0 Å². The molecule has 0 unspecified atom stereocenters. The van der Waals surface area contributed by atoms with E-state index in [2.05, 4.69) is 36.7 Å². The molecule has 0 heterocycles. The highest BCUT2D eigenvalue weighted by atomic mass is 16.3. The average molecular weight is 376 g/mol. The maximum atomic E-state index is 12.6. The van der Waals surface area contributed by atoms with Crippen molar-refractivity contribution >= 4 is 17.6 Å². The third-order valence-electron chi connectivity index (χ3n) is 5.21. The van der Waals surface area contributed by atoms with E-state index in [1.807, 2.05) is 13.8 Å². The molecular weight excluding hydrogens is 342 g/mol. The summed E-state index contributed by atoms with van der Waals surface area (Å²) >= 11 is 0. The Balaban J connectivity index is 2.09. The van der Waals surface area contributed by atoms with Crippen LogP contribution in [0.1, 0.15) is 62.9 Å². The Kier molecular flexibility index (Phi) is 6.52. The van der Waals surface area contributed by atoms with Gasteiger partial charge in [0.15, 0.2) is 0 Å². The molecule has 6 heteroatoms. The largest absolute Gasteiger partial charge is 0.394 e. The first-order valence-electron chi connectivity index (χ1n) is 9.68. The van der Waals surface area contributed by atoms with E-state index < -0.39 is 5.54 Å². The molecule has 2 atom stereocenters. The first kappa shape index (κ1) is 21.2. The van der Waals surface area contributed by atoms with Crippen LogP contribution < -0.4 is 16.0 Å². The number of hydrogen-bond acceptors (Lipinski definition) is 3. The van der Waals surface area contributed by atoms with Gasteiger partial charge >= 0.3 is 6.03 Å². The van der Waals surface area contributed by atoms with Gasteiger partial charge in [-0.1, -0.05) is 20.8 Å². The summed E-state index contributed by atoms with van der Waals surface area (Å²) in [6.45, 7) is 10.7. The van der Waals surface area contributed by atoms with E-state index in [-0.39, 0.29) is 24.0 Å². The van der Waals surface area contributed by atoms with Gasteiger partial charge in [-0.15, -0.1) is 0 Å². The molecule has 6 nitrogen and oxygen atoms in total. The van der Waals surface area contributed by atoms with Gasteiger partial charge in [0, 0.05) is 17.8 Å². The van der Waals surface area contributed by atoms with Crippen LogP contribution in [0, 0.1) is 18.3 Å². The molecule has 0 aromatic heterocycles. The molecule has 1 fully saturated rings. The minimum absolute atomic E-state index is 0.0673. The number of aliphatic hydroxyl groups is 1. The average Bonchev–Trinajstić information content (AvgIpc) is 2.54. The van der Waals surface area contributed by atoms with Crippen LogP contribution in [-0.2, 0) is 0 Å². The number of amides is 3. The van der Waals surface area contributed by atoms with Gasteiger partial charge in [-0.3, -0.25) is 4.79 Å². The summed E-state index contributed by atoms with van der Waals surface area (Å²) in [7, 11) is 0. The molecule has 1 aromatic carbocycles. The van der Waals surface area contributed by atoms with Crippen LogP contribution in [-0.4, -0.2) is 35.7 Å². The van der Waals surface area contributed by atoms with Crippen LogP contribution in [0.2, 0.25) is 0 Å². The van der Waals surface area contributed by atoms with Crippen LogP contribution in [0.15, 0.2) is 18.2 Å². The second-order valence-corrected chi connectivity index (χ2v) is 8.76. The Morgan fingerprint density at radius 1 is 1.26 bits per heavy atom. The number of hydrogen-bond donors (Lipinski definition) is 4. The fraction of sp³-hybridized carbons (Fsp3) is 0.619. The van der Waals surface area contributed by atoms with Gasteiger partial charge in [0.25, 0.3) is 5.91 Å². The van der Waals surface area contributed by atoms with Crippen LogP contribution in [0.5, 0.6) is 0 Å². The molecule has 2 rings (SSSR count). The summed E-state index contributed by atoms with van der Waals surface area (Å²) in [5, 5.41) is 18.7. The molecule has 150 valence electrons. The molecule has 0 bridgehead atoms. The Labute approximate surface area is 162 Å². The lowest BCUT2D eigenvalue weighted by Gasteiger charge is -2.47. The Hall–Kier alpha value is -2.08. The number of benzene rings is 1. The van der Waals surface area contributed by atoms with Gasteiger partial charge in [-0.2, -0.15) is 0 Å². The molecule has 1 aliphatic carbocycles. The summed E-state index contributed by atoms with van der Waals surface area (Å²) in [6, 6.07) is 4.86. The molecule has 0 radical (unpaired) electrons. The quantitative estimate of drug-likeness (QED) is 0.635. The first-order valence-corrected chi connectivity index (χ1v) is 9.68. The summed E-state index contributed by atoms with van der Waals surface area (Å²) < 4.78 is 0. The smallest absolute Gasteiger partial charge is 0.319 e. The van der Waals surface area contributed by atoms with Crippen molar-refractivity contribution in [3.05, 3.63) is 29.3 Å². The van der Waals surface area contributed by atoms with E-state index in [0.29, 0.717) is 23.7 Å². The molecular formula is C21H33N3O3. The summed E-state index contributed by atoms with van der Waals surface area (Å²) in [4.78, 5) is 24.6. The number of aliphatic hydroxyl groups excluding tert-OH is 1. The molecule has 1 aliphatic rings. The van der Waals surface area contributed by atoms with Gasteiger partial charge in [0.1, 0.15) is 0 Å². The summed E-state index contributed by atoms with van der Waals surface area (Å²) in [5.74, 6) is 0.300. The Bertz CT molecular complexity index is 702. The monoisotopic (exact) mass is 375 g/mol. The van der Waals surface area contributed by atoms with Crippen molar-refractivity contribution in [2.45, 2.75) is 59.4 Å². The normalized spacial score (nSPS) is 24.1. The van der Waals surface area contributed by atoms with E-state index in [9.17, 15) is 14.7 Å². The van der Waals surface area contributed by atoms with Crippen LogP contribution in [0.25, 0.3) is 0 Å². The fourth-order valence-corrected chi connectivity index (χ4v) is 4.60. The van der Waals surface area contributed by atoms with Gasteiger partial charge in [-0.05, 0) is 68.2 Å². The zero-order valence-electron chi connectivity index (χ0n) is 17.1. The van der Waals surface area contributed by atoms with Crippen molar-refractivity contribution in [3.8, 4) is 0 Å². The van der Waals surface area contributed by atoms with Gasteiger partial charge in [0.2, 0.25) is 0 Å². The molecule has 0 saturated heterocycles. The molecule has 3 amide bonds. The number of aryl methyl sites for hydroxylation is 1. The standard InChI is InChI=1S/C21H33N3O3/c1-6-22-18(26)16-7-8-17(15(3)9-16)23-19(27)24-21(13-25)11-14(2)10-20(4,5)12-21/h7-9,14,25H,6,10-13H2,1-5H3,(H,22,26)(H2,23,24,27)/t14-,21-/m0/s1. The highest BCUT2D eigenvalue weighted by Crippen LogP contribution is 2.43. The minimum atomic E-state index is -0.611. The number of nitrogens with one attached hydrogen (secondary N) is 3. The van der Waals surface area contributed by atoms with Gasteiger partial charge in [0.05, 0.1) is 12.1 Å². The predicted molar refractivity (Wildman–Crippen MR) is 108 cm³/mol. The second kappa shape index (κ2) is 8.30. The van der Waals surface area contributed by atoms with Crippen LogP contribution in [0.3, 0.4) is 0 Å². The van der Waals surface area contributed by atoms with E-state index in [0.717, 1.165) is 24.8 Å². The highest BCUT2D eigenvalue weighted by Gasteiger charge is 2.43. The zero-order chi connectivity index (χ0) is 20.2. The van der Waals surface area contributed by atoms with Crippen LogP contribution in [0.4, 0.5) is 10.5 Å². The van der Waals surface area contributed by atoms with Crippen molar-refractivity contribution in [1.82, 2.24) is 10.6 Å². The van der Waals surface area contributed by atoms with Crippen LogP contribution >= 0.6 is 0 Å². The SMILES string of the molecule is CCNC(=O)c1ccc(NC(=O)N[C@@]2(CO)C[C@@H](C)CC(C)(C)C2)c(C)c1. The Morgan fingerprint density at radius 3 is 2.52 bits per heavy atom. The number of urea groups is 1. The topological polar surface area (TPSA) is 90.5 Å². The maximum absolute atomic E-state index is 12.6. The van der Waals surface area contributed by atoms with Crippen molar-refractivity contribution in [1.29, 1.82) is 0 Å². The van der Waals surface area contributed by atoms with Gasteiger partial charge < -0.3 is 21.1 Å². The van der Waals surface area contributed by atoms with Crippen molar-refractivity contribution in [3.63, 3.8) is 0 Å². The lowest BCUT2D eigenvalue weighted by atomic mass is 9.64. The maximum Gasteiger partial charge on any atom is 0.319 e. The molecule has 0 spiro atoms. The van der Waals surface area contributed by atoms with E-state index >= 15 is 0 Å². The number of anilines is 1. The van der Waals surface area contributed by atoms with Crippen molar-refractivity contribution in [2.24, 2.45) is 11.3 Å². The molecule has 1 saturated carbocycles. The van der Waals surface area contributed by atoms with Crippen molar-refractivity contribution < 1.29 is 14.7 Å². The van der Waals surface area contributed by atoms with Crippen molar-refractivity contribution in [2.75, 3.05) is 18.5 Å². The minimum Gasteiger partial charge on any atom is -0.394 e. The van der Waals surface area contributed by atoms with E-state index in [1.54, 1.807) is 18.2 Å². The Morgan fingerprint density at radius 2 is 1.96 bits per heavy atom. The summed E-state index contributed by atoms with van der Waals surface area (Å²) in [6.07, 6.45) is 2.58. The lowest BCUT2D eigenvalue weighted by Crippen LogP contribution is -2.58. The summed E-state index contributed by atoms with van der Waals surface area (Å²) in [5.41, 5.74) is 1.48. The molecule has 0 aliphatic heterocycles. The molecule has 27 heavy (non-hydrogen) atoms. The van der Waals surface area contributed by atoms with Gasteiger partial charge in [-0.25, -0.2) is 4.79 Å². The highest BCUT2D eigenvalue weighted by molar-refractivity contribution is 5.96. The number of carbonyl (C=O) groups excluding carboxylic acids is 2. The third-order valence-corrected chi connectivity index (χ3v) is 5.21. The molecule has 4 N–H and O–H groups in total. The predicted octanol–water partition coefficient (Wildman–Crippen LogP) is 3.44.